The summed E-state index contributed by atoms with van der Waals surface area (Å²) in [7, 11) is 1.18. The van der Waals surface area contributed by atoms with Gasteiger partial charge in [-0.05, 0) is 6.07 Å². The monoisotopic (exact) mass is 316 g/mol. The van der Waals surface area contributed by atoms with E-state index in [1.807, 2.05) is 0 Å². The lowest BCUT2D eigenvalue weighted by Gasteiger charge is -2.08. The first-order chi connectivity index (χ1) is 11.1. The van der Waals surface area contributed by atoms with E-state index in [1.165, 1.54) is 37.9 Å². The first-order valence-electron chi connectivity index (χ1n) is 6.43. The van der Waals surface area contributed by atoms with E-state index in [4.69, 9.17) is 10.2 Å². The SMILES string of the molecule is CO[N+](=O)c1cc(-c2ccncc2F)c(-c2ncco2)nc1N. The predicted molar refractivity (Wildman–Crippen MR) is 77.6 cm³/mol. The molecule has 2 N–H and O–H groups in total. The van der Waals surface area contributed by atoms with E-state index in [0.29, 0.717) is 0 Å². The summed E-state index contributed by atoms with van der Waals surface area (Å²) < 4.78 is 19.3. The molecule has 0 amide bonds. The quantitative estimate of drug-likeness (QED) is 0.737. The van der Waals surface area contributed by atoms with Crippen molar-refractivity contribution in [3.05, 3.63) is 47.7 Å². The number of oxazole rings is 1. The third kappa shape index (κ3) is 2.59. The lowest BCUT2D eigenvalue weighted by molar-refractivity contribution is -0.736. The normalized spacial score (nSPS) is 10.5. The lowest BCUT2D eigenvalue weighted by Crippen LogP contribution is -2.06. The second kappa shape index (κ2) is 5.79. The van der Waals surface area contributed by atoms with Crippen molar-refractivity contribution in [3.63, 3.8) is 0 Å². The molecule has 0 aliphatic carbocycles. The first-order valence-corrected chi connectivity index (χ1v) is 6.43. The third-order valence-electron chi connectivity index (χ3n) is 3.09. The Kier molecular flexibility index (Phi) is 3.67. The van der Waals surface area contributed by atoms with Crippen molar-refractivity contribution in [1.82, 2.24) is 15.0 Å². The van der Waals surface area contributed by atoms with Crippen LogP contribution in [0.25, 0.3) is 22.7 Å². The number of nitrogens with two attached hydrogens (primary N) is 1. The largest absolute Gasteiger partial charge is 0.443 e. The summed E-state index contributed by atoms with van der Waals surface area (Å²) in [4.78, 5) is 28.3. The van der Waals surface area contributed by atoms with Crippen molar-refractivity contribution < 1.29 is 18.6 Å². The van der Waals surface area contributed by atoms with E-state index in [1.54, 1.807) is 0 Å². The lowest BCUT2D eigenvalue weighted by atomic mass is 10.0. The molecule has 0 radical (unpaired) electrons. The fourth-order valence-corrected chi connectivity index (χ4v) is 2.06. The van der Waals surface area contributed by atoms with Crippen LogP contribution >= 0.6 is 0 Å². The van der Waals surface area contributed by atoms with Crippen LogP contribution in [0, 0.1) is 10.7 Å². The van der Waals surface area contributed by atoms with Crippen LogP contribution in [0.15, 0.2) is 41.4 Å². The zero-order valence-electron chi connectivity index (χ0n) is 11.9. The molecule has 0 aliphatic heterocycles. The smallest absolute Gasteiger partial charge is 0.359 e. The maximum absolute atomic E-state index is 14.1. The Balaban J connectivity index is 2.30. The molecule has 0 spiro atoms. The van der Waals surface area contributed by atoms with Crippen LogP contribution in [0.1, 0.15) is 0 Å². The summed E-state index contributed by atoms with van der Waals surface area (Å²) in [5.41, 5.74) is 6.36. The fourth-order valence-electron chi connectivity index (χ4n) is 2.06. The van der Waals surface area contributed by atoms with E-state index in [0.717, 1.165) is 6.20 Å². The van der Waals surface area contributed by atoms with Crippen molar-refractivity contribution in [2.24, 2.45) is 0 Å². The molecule has 23 heavy (non-hydrogen) atoms. The fraction of sp³-hybridized carbons (Fsp3) is 0.0714. The molecule has 9 heteroatoms. The number of pyridine rings is 2. The van der Waals surface area contributed by atoms with Gasteiger partial charge in [0.25, 0.3) is 4.92 Å². The third-order valence-corrected chi connectivity index (χ3v) is 3.09. The van der Waals surface area contributed by atoms with Gasteiger partial charge in [-0.3, -0.25) is 4.98 Å². The van der Waals surface area contributed by atoms with Crippen molar-refractivity contribution in [2.75, 3.05) is 12.8 Å². The Hall–Kier alpha value is -3.36. The Labute approximate surface area is 129 Å². The van der Waals surface area contributed by atoms with Gasteiger partial charge in [0.2, 0.25) is 11.7 Å². The zero-order valence-corrected chi connectivity index (χ0v) is 11.9. The zero-order chi connectivity index (χ0) is 16.4. The molecular weight excluding hydrogens is 305 g/mol. The van der Waals surface area contributed by atoms with Gasteiger partial charge >= 0.3 is 5.69 Å². The van der Waals surface area contributed by atoms with E-state index in [2.05, 4.69) is 19.8 Å². The van der Waals surface area contributed by atoms with Crippen LogP contribution in [-0.2, 0) is 4.84 Å². The molecule has 3 heterocycles. The van der Waals surface area contributed by atoms with E-state index < -0.39 is 5.82 Å². The molecule has 8 nitrogen and oxygen atoms in total. The second-order valence-corrected chi connectivity index (χ2v) is 4.42. The topological polar surface area (TPSA) is 107 Å². The standard InChI is InChI=1S/C14H11FN5O3/c1-22-20(21)11-6-9(8-2-3-17-7-10(8)15)12(19-13(11)16)14-18-4-5-23-14/h2-7H,1H3,(H2,16,19)/q+1. The van der Waals surface area contributed by atoms with Crippen LogP contribution in [-0.4, -0.2) is 27.0 Å². The Morgan fingerprint density at radius 2 is 2.17 bits per heavy atom. The number of halogens is 1. The van der Waals surface area contributed by atoms with Gasteiger partial charge in [-0.25, -0.2) is 19.2 Å². The van der Waals surface area contributed by atoms with Crippen molar-refractivity contribution in [3.8, 4) is 22.7 Å². The van der Waals surface area contributed by atoms with Gasteiger partial charge in [0.05, 0.1) is 17.3 Å². The number of nitrogen functional groups attached to an aromatic ring is 1. The minimum Gasteiger partial charge on any atom is -0.443 e. The molecule has 0 unspecified atom stereocenters. The summed E-state index contributed by atoms with van der Waals surface area (Å²) in [6.07, 6.45) is 5.24. The predicted octanol–water partition coefficient (Wildman–Crippen LogP) is 2.49. The highest BCUT2D eigenvalue weighted by molar-refractivity contribution is 5.81. The summed E-state index contributed by atoms with van der Waals surface area (Å²) in [6, 6.07) is 2.80. The molecule has 3 aromatic heterocycles. The van der Waals surface area contributed by atoms with Crippen LogP contribution in [0.4, 0.5) is 15.9 Å². The van der Waals surface area contributed by atoms with E-state index in [9.17, 15) is 9.30 Å². The Morgan fingerprint density at radius 1 is 1.35 bits per heavy atom. The molecular formula is C14H11FN5O3+. The van der Waals surface area contributed by atoms with Gasteiger partial charge in [-0.1, -0.05) is 0 Å². The van der Waals surface area contributed by atoms with Gasteiger partial charge in [0.15, 0.2) is 7.11 Å². The summed E-state index contributed by atoms with van der Waals surface area (Å²) in [5.74, 6) is -0.551. The summed E-state index contributed by atoms with van der Waals surface area (Å²) in [5, 5.41) is 0. The summed E-state index contributed by atoms with van der Waals surface area (Å²) >= 11 is 0. The first kappa shape index (κ1) is 14.6. The molecule has 3 rings (SSSR count). The minimum atomic E-state index is -0.590. The molecule has 0 fully saturated rings. The number of rotatable bonds is 4. The number of hydrogen-bond donors (Lipinski definition) is 1. The van der Waals surface area contributed by atoms with Crippen LogP contribution in [0.5, 0.6) is 0 Å². The number of nitrogens with zero attached hydrogens (tertiary/aromatic N) is 4. The van der Waals surface area contributed by atoms with Gasteiger partial charge in [0.1, 0.15) is 17.8 Å². The molecule has 0 aliphatic rings. The van der Waals surface area contributed by atoms with Crippen molar-refractivity contribution >= 4 is 11.5 Å². The Bertz CT molecular complexity index is 867. The second-order valence-electron chi connectivity index (χ2n) is 4.42. The van der Waals surface area contributed by atoms with Gasteiger partial charge < -0.3 is 10.2 Å². The number of anilines is 1. The highest BCUT2D eigenvalue weighted by Gasteiger charge is 2.27. The van der Waals surface area contributed by atoms with E-state index >= 15 is 0 Å². The molecule has 3 aromatic rings. The minimum absolute atomic E-state index is 0.0611. The molecule has 0 saturated heterocycles. The number of hydrogen-bond acceptors (Lipinski definition) is 7. The van der Waals surface area contributed by atoms with Crippen molar-refractivity contribution in [2.45, 2.75) is 0 Å². The average Bonchev–Trinajstić information content (AvgIpc) is 3.09. The number of aromatic nitrogens is 3. The summed E-state index contributed by atoms with van der Waals surface area (Å²) in [6.45, 7) is 0. The highest BCUT2D eigenvalue weighted by Crippen LogP contribution is 2.36. The van der Waals surface area contributed by atoms with Crippen molar-refractivity contribution in [1.29, 1.82) is 0 Å². The molecule has 116 valence electrons. The van der Waals surface area contributed by atoms with Gasteiger partial charge in [-0.2, -0.15) is 0 Å². The van der Waals surface area contributed by atoms with Gasteiger partial charge in [0, 0.05) is 23.4 Å². The van der Waals surface area contributed by atoms with E-state index in [-0.39, 0.29) is 39.1 Å². The maximum Gasteiger partial charge on any atom is 0.359 e. The van der Waals surface area contributed by atoms with Crippen LogP contribution < -0.4 is 5.73 Å². The molecule has 0 aromatic carbocycles. The average molecular weight is 316 g/mol. The Morgan fingerprint density at radius 3 is 2.83 bits per heavy atom. The molecule has 0 saturated carbocycles. The molecule has 0 bridgehead atoms. The van der Waals surface area contributed by atoms with Crippen LogP contribution in [0.3, 0.4) is 0 Å². The van der Waals surface area contributed by atoms with Crippen LogP contribution in [0.2, 0.25) is 0 Å². The highest BCUT2D eigenvalue weighted by atomic mass is 19.1. The molecule has 0 atom stereocenters. The maximum atomic E-state index is 14.1. The van der Waals surface area contributed by atoms with Gasteiger partial charge in [-0.15, -0.1) is 0 Å².